The molecule has 1 saturated heterocycles. The third-order valence-corrected chi connectivity index (χ3v) is 8.54. The fourth-order valence-electron chi connectivity index (χ4n) is 4.78. The molecule has 0 aliphatic carbocycles. The van der Waals surface area contributed by atoms with Crippen LogP contribution in [0.1, 0.15) is 55.1 Å². The fraction of sp³-hybridized carbons (Fsp3) is 0.423. The van der Waals surface area contributed by atoms with E-state index in [9.17, 15) is 8.42 Å². The summed E-state index contributed by atoms with van der Waals surface area (Å²) in [6.45, 7) is 7.98. The molecule has 2 aromatic carbocycles. The van der Waals surface area contributed by atoms with Gasteiger partial charge in [-0.3, -0.25) is 4.68 Å². The Morgan fingerprint density at radius 2 is 1.82 bits per heavy atom. The molecular formula is C26H33BrN4O2S. The number of aromatic nitrogens is 2. The number of piperidine rings is 1. The van der Waals surface area contributed by atoms with E-state index in [2.05, 4.69) is 55.2 Å². The van der Waals surface area contributed by atoms with E-state index < -0.39 is 10.0 Å². The third-order valence-electron chi connectivity index (χ3n) is 6.58. The SMILES string of the molecule is CCn1nc(C)cc1C1CCN(CCC(NS(=O)(=O)c2cccc(Br)c2)c2ccccc2)CC1. The average Bonchev–Trinajstić information content (AvgIpc) is 3.23. The molecule has 1 fully saturated rings. The lowest BCUT2D eigenvalue weighted by Gasteiger charge is -2.33. The number of hydrogen-bond donors (Lipinski definition) is 1. The average molecular weight is 546 g/mol. The van der Waals surface area contributed by atoms with Crippen LogP contribution < -0.4 is 4.72 Å². The van der Waals surface area contributed by atoms with Crippen LogP contribution in [0.4, 0.5) is 0 Å². The maximum atomic E-state index is 13.1. The smallest absolute Gasteiger partial charge is 0.241 e. The molecule has 1 N–H and O–H groups in total. The van der Waals surface area contributed by atoms with Crippen LogP contribution >= 0.6 is 15.9 Å². The summed E-state index contributed by atoms with van der Waals surface area (Å²) in [7, 11) is -3.64. The zero-order chi connectivity index (χ0) is 24.1. The standard InChI is InChI=1S/C26H33BrN4O2S/c1-3-31-26(18-20(2)28-31)22-12-15-30(16-13-22)17-14-25(21-8-5-4-6-9-21)29-34(32,33)24-11-7-10-23(27)19-24/h4-11,18-19,22,25,29H,3,12-17H2,1-2H3. The van der Waals surface area contributed by atoms with Gasteiger partial charge in [-0.1, -0.05) is 52.3 Å². The molecule has 3 aromatic rings. The largest absolute Gasteiger partial charge is 0.303 e. The molecule has 0 saturated carbocycles. The van der Waals surface area contributed by atoms with Crippen LogP contribution in [-0.2, 0) is 16.6 Å². The first kappa shape index (κ1) is 25.1. The summed E-state index contributed by atoms with van der Waals surface area (Å²) in [5, 5.41) is 4.62. The van der Waals surface area contributed by atoms with Gasteiger partial charge in [0.2, 0.25) is 10.0 Å². The van der Waals surface area contributed by atoms with Crippen LogP contribution in [0.15, 0.2) is 70.0 Å². The van der Waals surface area contributed by atoms with Crippen molar-refractivity contribution in [2.45, 2.75) is 56.5 Å². The van der Waals surface area contributed by atoms with Gasteiger partial charge in [0.1, 0.15) is 0 Å². The summed E-state index contributed by atoms with van der Waals surface area (Å²) in [5.41, 5.74) is 3.42. The van der Waals surface area contributed by atoms with Crippen molar-refractivity contribution in [3.05, 3.63) is 82.1 Å². The quantitative estimate of drug-likeness (QED) is 0.398. The Balaban J connectivity index is 1.41. The highest BCUT2D eigenvalue weighted by atomic mass is 79.9. The van der Waals surface area contributed by atoms with E-state index in [0.29, 0.717) is 12.3 Å². The van der Waals surface area contributed by atoms with Crippen LogP contribution in [0.3, 0.4) is 0 Å². The van der Waals surface area contributed by atoms with Crippen LogP contribution in [0.25, 0.3) is 0 Å². The van der Waals surface area contributed by atoms with Gasteiger partial charge in [-0.05, 0) is 82.6 Å². The summed E-state index contributed by atoms with van der Waals surface area (Å²) in [6.07, 6.45) is 2.92. The van der Waals surface area contributed by atoms with Crippen LogP contribution in [0.2, 0.25) is 0 Å². The summed E-state index contributed by atoms with van der Waals surface area (Å²) < 4.78 is 32.1. The van der Waals surface area contributed by atoms with Gasteiger partial charge in [-0.2, -0.15) is 5.10 Å². The highest BCUT2D eigenvalue weighted by molar-refractivity contribution is 9.10. The Bertz CT molecular complexity index is 1190. The van der Waals surface area contributed by atoms with E-state index in [1.165, 1.54) is 5.69 Å². The van der Waals surface area contributed by atoms with Crippen LogP contribution in [0, 0.1) is 6.92 Å². The lowest BCUT2D eigenvalue weighted by atomic mass is 9.92. The molecule has 0 amide bonds. The summed E-state index contributed by atoms with van der Waals surface area (Å²) >= 11 is 3.38. The molecule has 0 spiro atoms. The Labute approximate surface area is 211 Å². The lowest BCUT2D eigenvalue weighted by Crippen LogP contribution is -2.37. The van der Waals surface area contributed by atoms with Crippen molar-refractivity contribution in [2.75, 3.05) is 19.6 Å². The van der Waals surface area contributed by atoms with Crippen molar-refractivity contribution < 1.29 is 8.42 Å². The summed E-state index contributed by atoms with van der Waals surface area (Å²) in [4.78, 5) is 2.73. The first-order valence-corrected chi connectivity index (χ1v) is 14.2. The first-order valence-electron chi connectivity index (χ1n) is 11.9. The number of hydrogen-bond acceptors (Lipinski definition) is 4. The minimum absolute atomic E-state index is 0.270. The van der Waals surface area contributed by atoms with E-state index in [1.807, 2.05) is 36.4 Å². The van der Waals surface area contributed by atoms with Crippen LogP contribution in [-0.4, -0.2) is 42.7 Å². The molecule has 1 aromatic heterocycles. The fourth-order valence-corrected chi connectivity index (χ4v) is 6.64. The number of nitrogens with one attached hydrogen (secondary N) is 1. The number of sulfonamides is 1. The van der Waals surface area contributed by atoms with Gasteiger partial charge in [0.15, 0.2) is 0 Å². The van der Waals surface area contributed by atoms with Gasteiger partial charge >= 0.3 is 0 Å². The molecule has 6 nitrogen and oxygen atoms in total. The maximum Gasteiger partial charge on any atom is 0.241 e. The molecule has 1 atom stereocenters. The number of halogens is 1. The van der Waals surface area contributed by atoms with E-state index >= 15 is 0 Å². The molecule has 2 heterocycles. The molecule has 34 heavy (non-hydrogen) atoms. The highest BCUT2D eigenvalue weighted by Crippen LogP contribution is 2.30. The normalized spacial score (nSPS) is 16.6. The maximum absolute atomic E-state index is 13.1. The molecule has 182 valence electrons. The summed E-state index contributed by atoms with van der Waals surface area (Å²) in [6, 6.07) is 18.6. The molecule has 1 aliphatic rings. The van der Waals surface area contributed by atoms with E-state index in [4.69, 9.17) is 0 Å². The Kier molecular flexibility index (Phi) is 8.24. The highest BCUT2D eigenvalue weighted by Gasteiger charge is 2.26. The topological polar surface area (TPSA) is 67.2 Å². The summed E-state index contributed by atoms with van der Waals surface area (Å²) in [5.74, 6) is 0.539. The molecule has 4 rings (SSSR count). The second-order valence-corrected chi connectivity index (χ2v) is 11.6. The zero-order valence-electron chi connectivity index (χ0n) is 19.8. The first-order chi connectivity index (χ1) is 16.4. The minimum Gasteiger partial charge on any atom is -0.303 e. The van der Waals surface area contributed by atoms with Crippen molar-refractivity contribution in [3.8, 4) is 0 Å². The van der Waals surface area contributed by atoms with E-state index in [0.717, 1.165) is 54.8 Å². The molecule has 8 heteroatoms. The second kappa shape index (κ2) is 11.2. The van der Waals surface area contributed by atoms with Crippen molar-refractivity contribution in [1.82, 2.24) is 19.4 Å². The van der Waals surface area contributed by atoms with Gasteiger partial charge in [0, 0.05) is 28.7 Å². The van der Waals surface area contributed by atoms with Gasteiger partial charge in [0.25, 0.3) is 0 Å². The third kappa shape index (κ3) is 6.16. The van der Waals surface area contributed by atoms with Crippen molar-refractivity contribution in [1.29, 1.82) is 0 Å². The molecular weight excluding hydrogens is 512 g/mol. The van der Waals surface area contributed by atoms with E-state index in [-0.39, 0.29) is 10.9 Å². The minimum atomic E-state index is -3.64. The Hall–Kier alpha value is -2.00. The van der Waals surface area contributed by atoms with Crippen molar-refractivity contribution in [3.63, 3.8) is 0 Å². The van der Waals surface area contributed by atoms with Gasteiger partial charge < -0.3 is 4.90 Å². The van der Waals surface area contributed by atoms with E-state index in [1.54, 1.807) is 18.2 Å². The molecule has 0 bridgehead atoms. The number of rotatable bonds is 9. The Morgan fingerprint density at radius 3 is 2.50 bits per heavy atom. The van der Waals surface area contributed by atoms with Gasteiger partial charge in [-0.25, -0.2) is 13.1 Å². The van der Waals surface area contributed by atoms with Gasteiger partial charge in [-0.15, -0.1) is 0 Å². The number of aryl methyl sites for hydroxylation is 2. The molecule has 1 unspecified atom stereocenters. The number of nitrogens with zero attached hydrogens (tertiary/aromatic N) is 3. The van der Waals surface area contributed by atoms with Crippen LogP contribution in [0.5, 0.6) is 0 Å². The predicted molar refractivity (Wildman–Crippen MR) is 139 cm³/mol. The Morgan fingerprint density at radius 1 is 1.09 bits per heavy atom. The van der Waals surface area contributed by atoms with Crippen molar-refractivity contribution in [2.24, 2.45) is 0 Å². The molecule has 0 radical (unpaired) electrons. The second-order valence-electron chi connectivity index (χ2n) is 8.97. The number of likely N-dealkylation sites (tertiary alicyclic amines) is 1. The van der Waals surface area contributed by atoms with Gasteiger partial charge in [0.05, 0.1) is 10.6 Å². The lowest BCUT2D eigenvalue weighted by molar-refractivity contribution is 0.201. The number of benzene rings is 2. The molecule has 1 aliphatic heterocycles. The monoisotopic (exact) mass is 544 g/mol. The zero-order valence-corrected chi connectivity index (χ0v) is 22.2. The van der Waals surface area contributed by atoms with Crippen molar-refractivity contribution >= 4 is 26.0 Å². The predicted octanol–water partition coefficient (Wildman–Crippen LogP) is 5.26.